The average Bonchev–Trinajstić information content (AvgIpc) is 2.18. The van der Waals surface area contributed by atoms with Crippen LogP contribution in [0.4, 0.5) is 0 Å². The predicted molar refractivity (Wildman–Crippen MR) is 57.7 cm³/mol. The third-order valence-electron chi connectivity index (χ3n) is 1.97. The van der Waals surface area contributed by atoms with Gasteiger partial charge in [-0.25, -0.2) is 0 Å². The van der Waals surface area contributed by atoms with Gasteiger partial charge in [-0.15, -0.1) is 0 Å². The normalized spacial score (nSPS) is 10.4. The summed E-state index contributed by atoms with van der Waals surface area (Å²) in [6, 6.07) is 5.32. The molecule has 1 aromatic carbocycles. The lowest BCUT2D eigenvalue weighted by Crippen LogP contribution is -1.87. The Morgan fingerprint density at radius 1 is 1.43 bits per heavy atom. The SMILES string of the molecule is COc1ccc(Br)c2ncc(O)cc12. The minimum atomic E-state index is 0.133. The molecule has 0 fully saturated rings. The first-order valence-corrected chi connectivity index (χ1v) is 4.83. The van der Waals surface area contributed by atoms with Gasteiger partial charge >= 0.3 is 0 Å². The standard InChI is InChI=1S/C10H8BrNO2/c1-14-9-3-2-8(11)10-7(9)4-6(13)5-12-10/h2-5,13H,1H3. The lowest BCUT2D eigenvalue weighted by Gasteiger charge is -2.06. The van der Waals surface area contributed by atoms with E-state index in [-0.39, 0.29) is 5.75 Å². The lowest BCUT2D eigenvalue weighted by molar-refractivity contribution is 0.419. The van der Waals surface area contributed by atoms with Crippen LogP contribution >= 0.6 is 15.9 Å². The van der Waals surface area contributed by atoms with Crippen LogP contribution in [0.5, 0.6) is 11.5 Å². The van der Waals surface area contributed by atoms with Crippen molar-refractivity contribution >= 4 is 26.8 Å². The molecule has 2 aromatic rings. The van der Waals surface area contributed by atoms with Gasteiger partial charge in [0.05, 0.1) is 18.8 Å². The third kappa shape index (κ3) is 1.42. The van der Waals surface area contributed by atoms with E-state index in [0.717, 1.165) is 15.4 Å². The van der Waals surface area contributed by atoms with Crippen molar-refractivity contribution in [2.24, 2.45) is 0 Å². The second-order valence-corrected chi connectivity index (χ2v) is 3.69. The van der Waals surface area contributed by atoms with E-state index in [9.17, 15) is 5.11 Å². The molecule has 1 aromatic heterocycles. The number of benzene rings is 1. The van der Waals surface area contributed by atoms with Gasteiger partial charge in [0, 0.05) is 9.86 Å². The Balaban J connectivity index is 2.85. The Bertz CT molecular complexity index is 485. The van der Waals surface area contributed by atoms with E-state index >= 15 is 0 Å². The molecule has 0 unspecified atom stereocenters. The van der Waals surface area contributed by atoms with Gasteiger partial charge in [-0.1, -0.05) is 0 Å². The second kappa shape index (κ2) is 3.46. The van der Waals surface area contributed by atoms with Gasteiger partial charge in [-0.2, -0.15) is 0 Å². The van der Waals surface area contributed by atoms with Gasteiger partial charge in [0.25, 0.3) is 0 Å². The first-order chi connectivity index (χ1) is 6.72. The summed E-state index contributed by atoms with van der Waals surface area (Å²) >= 11 is 3.39. The van der Waals surface area contributed by atoms with E-state index < -0.39 is 0 Å². The summed E-state index contributed by atoms with van der Waals surface area (Å²) < 4.78 is 6.05. The maximum absolute atomic E-state index is 9.31. The number of ether oxygens (including phenoxy) is 1. The number of halogens is 1. The van der Waals surface area contributed by atoms with Crippen molar-refractivity contribution in [2.75, 3.05) is 7.11 Å². The van der Waals surface area contributed by atoms with Gasteiger partial charge in [-0.3, -0.25) is 4.98 Å². The van der Waals surface area contributed by atoms with Crippen LogP contribution in [0.15, 0.2) is 28.9 Å². The minimum absolute atomic E-state index is 0.133. The van der Waals surface area contributed by atoms with E-state index in [0.29, 0.717) is 5.75 Å². The van der Waals surface area contributed by atoms with E-state index in [1.54, 1.807) is 13.2 Å². The summed E-state index contributed by atoms with van der Waals surface area (Å²) in [5.74, 6) is 0.834. The van der Waals surface area contributed by atoms with Crippen LogP contribution in [0.3, 0.4) is 0 Å². The molecular formula is C10H8BrNO2. The van der Waals surface area contributed by atoms with Crippen LogP contribution in [-0.4, -0.2) is 17.2 Å². The summed E-state index contributed by atoms with van der Waals surface area (Å²) in [4.78, 5) is 4.11. The highest BCUT2D eigenvalue weighted by Crippen LogP contribution is 2.31. The Morgan fingerprint density at radius 3 is 2.93 bits per heavy atom. The van der Waals surface area contributed by atoms with Crippen molar-refractivity contribution < 1.29 is 9.84 Å². The van der Waals surface area contributed by atoms with Gasteiger partial charge < -0.3 is 9.84 Å². The maximum atomic E-state index is 9.31. The highest BCUT2D eigenvalue weighted by molar-refractivity contribution is 9.10. The number of pyridine rings is 1. The van der Waals surface area contributed by atoms with Crippen LogP contribution in [0.25, 0.3) is 10.9 Å². The molecule has 2 rings (SSSR count). The Hall–Kier alpha value is -1.29. The maximum Gasteiger partial charge on any atom is 0.134 e. The number of rotatable bonds is 1. The summed E-state index contributed by atoms with van der Waals surface area (Å²) in [7, 11) is 1.59. The molecule has 72 valence electrons. The van der Waals surface area contributed by atoms with Gasteiger partial charge in [-0.05, 0) is 34.1 Å². The molecule has 4 heteroatoms. The summed E-state index contributed by atoms with van der Waals surface area (Å²) in [6.45, 7) is 0. The van der Waals surface area contributed by atoms with Crippen molar-refractivity contribution in [2.45, 2.75) is 0 Å². The molecule has 0 saturated heterocycles. The average molecular weight is 254 g/mol. The van der Waals surface area contributed by atoms with Crippen molar-refractivity contribution in [1.29, 1.82) is 0 Å². The van der Waals surface area contributed by atoms with Gasteiger partial charge in [0.2, 0.25) is 0 Å². The van der Waals surface area contributed by atoms with Crippen LogP contribution in [0.2, 0.25) is 0 Å². The lowest BCUT2D eigenvalue weighted by atomic mass is 10.2. The quantitative estimate of drug-likeness (QED) is 0.850. The van der Waals surface area contributed by atoms with Crippen LogP contribution in [-0.2, 0) is 0 Å². The Labute approximate surface area is 89.5 Å². The fourth-order valence-electron chi connectivity index (χ4n) is 1.33. The Morgan fingerprint density at radius 2 is 2.21 bits per heavy atom. The molecule has 1 N–H and O–H groups in total. The molecule has 0 atom stereocenters. The highest BCUT2D eigenvalue weighted by Gasteiger charge is 2.06. The molecule has 14 heavy (non-hydrogen) atoms. The largest absolute Gasteiger partial charge is 0.506 e. The van der Waals surface area contributed by atoms with E-state index in [2.05, 4.69) is 20.9 Å². The first kappa shape index (κ1) is 9.27. The van der Waals surface area contributed by atoms with Crippen LogP contribution in [0.1, 0.15) is 0 Å². The van der Waals surface area contributed by atoms with Gasteiger partial charge in [0.1, 0.15) is 11.5 Å². The molecule has 0 spiro atoms. The number of nitrogens with zero attached hydrogens (tertiary/aromatic N) is 1. The van der Waals surface area contributed by atoms with Crippen molar-refractivity contribution in [3.8, 4) is 11.5 Å². The number of fused-ring (bicyclic) bond motifs is 1. The smallest absolute Gasteiger partial charge is 0.134 e. The summed E-state index contributed by atoms with van der Waals surface area (Å²) in [5.41, 5.74) is 0.780. The highest BCUT2D eigenvalue weighted by atomic mass is 79.9. The van der Waals surface area contributed by atoms with E-state index in [1.165, 1.54) is 6.20 Å². The number of hydrogen-bond acceptors (Lipinski definition) is 3. The molecule has 3 nitrogen and oxygen atoms in total. The van der Waals surface area contributed by atoms with E-state index in [1.807, 2.05) is 12.1 Å². The van der Waals surface area contributed by atoms with Crippen molar-refractivity contribution in [3.05, 3.63) is 28.9 Å². The molecule has 0 saturated carbocycles. The zero-order valence-electron chi connectivity index (χ0n) is 7.49. The molecule has 0 aliphatic carbocycles. The third-order valence-corrected chi connectivity index (χ3v) is 2.61. The van der Waals surface area contributed by atoms with E-state index in [4.69, 9.17) is 4.74 Å². The molecular weight excluding hydrogens is 246 g/mol. The molecule has 1 heterocycles. The monoisotopic (exact) mass is 253 g/mol. The molecule has 0 bridgehead atoms. The van der Waals surface area contributed by atoms with Gasteiger partial charge in [0.15, 0.2) is 0 Å². The van der Waals surface area contributed by atoms with Crippen LogP contribution < -0.4 is 4.74 Å². The Kier molecular flexibility index (Phi) is 2.29. The number of hydrogen-bond donors (Lipinski definition) is 1. The van der Waals surface area contributed by atoms with Crippen molar-refractivity contribution in [3.63, 3.8) is 0 Å². The number of aromatic hydroxyl groups is 1. The minimum Gasteiger partial charge on any atom is -0.506 e. The van der Waals surface area contributed by atoms with Crippen LogP contribution in [0, 0.1) is 0 Å². The first-order valence-electron chi connectivity index (χ1n) is 4.03. The second-order valence-electron chi connectivity index (χ2n) is 2.84. The summed E-state index contributed by atoms with van der Waals surface area (Å²) in [5, 5.41) is 10.1. The number of aromatic nitrogens is 1. The molecule has 0 aliphatic rings. The van der Waals surface area contributed by atoms with Crippen molar-refractivity contribution in [1.82, 2.24) is 4.98 Å². The fourth-order valence-corrected chi connectivity index (χ4v) is 1.78. The molecule has 0 aliphatic heterocycles. The predicted octanol–water partition coefficient (Wildman–Crippen LogP) is 2.71. The number of methoxy groups -OCH3 is 1. The molecule has 0 amide bonds. The zero-order chi connectivity index (χ0) is 10.1. The molecule has 0 radical (unpaired) electrons. The topological polar surface area (TPSA) is 42.4 Å². The summed E-state index contributed by atoms with van der Waals surface area (Å²) in [6.07, 6.45) is 1.41. The fraction of sp³-hybridized carbons (Fsp3) is 0.100. The zero-order valence-corrected chi connectivity index (χ0v) is 9.08.